The van der Waals surface area contributed by atoms with Crippen LogP contribution in [0.15, 0.2) is 24.4 Å². The van der Waals surface area contributed by atoms with Crippen molar-refractivity contribution < 1.29 is 27.3 Å². The third kappa shape index (κ3) is 3.73. The van der Waals surface area contributed by atoms with E-state index in [1.54, 1.807) is 12.1 Å². The normalized spacial score (nSPS) is 7.27. The molecule has 0 aliphatic heterocycles. The Morgan fingerprint density at radius 2 is 2.09 bits per heavy atom. The van der Waals surface area contributed by atoms with Crippen LogP contribution >= 0.6 is 0 Å². The molecule has 0 amide bonds. The molecule has 0 unspecified atom stereocenters. The van der Waals surface area contributed by atoms with Crippen LogP contribution in [0.2, 0.25) is 0 Å². The number of carboxylic acid groups (broad SMARTS) is 1. The van der Waals surface area contributed by atoms with E-state index >= 15 is 0 Å². The number of aromatic nitrogens is 1. The van der Waals surface area contributed by atoms with E-state index in [4.69, 9.17) is 5.11 Å². The largest absolute Gasteiger partial charge is 0.477 e. The summed E-state index contributed by atoms with van der Waals surface area (Å²) >= 11 is 0. The molecule has 1 rings (SSSR count). The molecule has 0 fully saturated rings. The number of hydrogen-bond acceptors (Lipinski definition) is 3. The third-order valence-corrected chi connectivity index (χ3v) is 0.884. The minimum Gasteiger partial charge on any atom is -0.477 e. The van der Waals surface area contributed by atoms with Gasteiger partial charge in [-0.1, -0.05) is 6.07 Å². The zero-order chi connectivity index (χ0) is 6.69. The van der Waals surface area contributed by atoms with E-state index in [-0.39, 0.29) is 29.2 Å². The molecule has 0 aliphatic carbocycles. The first kappa shape index (κ1) is 12.8. The van der Waals surface area contributed by atoms with E-state index in [1.165, 1.54) is 12.3 Å². The van der Waals surface area contributed by atoms with Crippen LogP contribution in [0, 0.1) is 0 Å². The van der Waals surface area contributed by atoms with Crippen molar-refractivity contribution in [3.05, 3.63) is 30.1 Å². The van der Waals surface area contributed by atoms with Crippen LogP contribution < -0.4 is 6.15 Å². The molecule has 0 radical (unpaired) electrons. The van der Waals surface area contributed by atoms with E-state index in [0.29, 0.717) is 0 Å². The van der Waals surface area contributed by atoms with Crippen molar-refractivity contribution in [1.82, 2.24) is 11.1 Å². The van der Waals surface area contributed by atoms with Crippen LogP contribution in [0.5, 0.6) is 0 Å². The molecule has 5 heteroatoms. The predicted molar refractivity (Wildman–Crippen MR) is 36.2 cm³/mol. The van der Waals surface area contributed by atoms with Crippen molar-refractivity contribution in [3.63, 3.8) is 0 Å². The molecule has 1 aromatic heterocycles. The maximum absolute atomic E-state index is 10.1. The summed E-state index contributed by atoms with van der Waals surface area (Å²) in [7, 11) is 0. The number of nitrogens with zero attached hydrogens (tertiary/aromatic N) is 1. The average molecular weight is 192 g/mol. The summed E-state index contributed by atoms with van der Waals surface area (Å²) in [4.78, 5) is 13.7. The number of carboxylic acids is 1. The molecule has 1 heterocycles. The van der Waals surface area contributed by atoms with E-state index < -0.39 is 5.97 Å². The van der Waals surface area contributed by atoms with Gasteiger partial charge in [0.1, 0.15) is 5.69 Å². The minimum absolute atomic E-state index is 0. The smallest absolute Gasteiger partial charge is 0.354 e. The van der Waals surface area contributed by atoms with Crippen LogP contribution in [0.25, 0.3) is 0 Å². The van der Waals surface area contributed by atoms with E-state index in [9.17, 15) is 4.79 Å². The Morgan fingerprint density at radius 1 is 1.45 bits per heavy atom. The average Bonchev–Trinajstić information content (AvgIpc) is 1.90. The molecule has 4 nitrogen and oxygen atoms in total. The summed E-state index contributed by atoms with van der Waals surface area (Å²) in [5, 5.41) is 8.32. The Hall–Kier alpha value is -0.888. The molecule has 11 heavy (non-hydrogen) atoms. The van der Waals surface area contributed by atoms with Gasteiger partial charge in [-0.3, -0.25) is 0 Å². The molecule has 0 spiro atoms. The Kier molecular flexibility index (Phi) is 6.80. The molecule has 0 aliphatic rings. The van der Waals surface area contributed by atoms with Gasteiger partial charge in [0, 0.05) is 23.6 Å². The van der Waals surface area contributed by atoms with Gasteiger partial charge < -0.3 is 11.3 Å². The van der Waals surface area contributed by atoms with Gasteiger partial charge in [-0.05, 0) is 12.1 Å². The first-order chi connectivity index (χ1) is 4.30. The predicted octanol–water partition coefficient (Wildman–Crippen LogP) is 0.939. The van der Waals surface area contributed by atoms with Crippen molar-refractivity contribution >= 4 is 5.97 Å². The van der Waals surface area contributed by atoms with Crippen molar-refractivity contribution in [2.75, 3.05) is 0 Å². The van der Waals surface area contributed by atoms with Crippen molar-refractivity contribution in [2.45, 2.75) is 0 Å². The first-order valence-corrected chi connectivity index (χ1v) is 2.45. The zero-order valence-corrected chi connectivity index (χ0v) is 7.00. The molecule has 0 saturated heterocycles. The van der Waals surface area contributed by atoms with Crippen LogP contribution in [-0.4, -0.2) is 16.1 Å². The molecule has 60 valence electrons. The standard InChI is InChI=1S/C6H5NO2.Cr.H3N/c8-6(9)5-3-1-2-4-7-5;;/h1-4H,(H,8,9);;1H3. The van der Waals surface area contributed by atoms with E-state index in [2.05, 4.69) is 4.98 Å². The SMILES string of the molecule is N.O=C(O)c1ccccn1.[Cr]. The summed E-state index contributed by atoms with van der Waals surface area (Å²) in [6, 6.07) is 4.76. The van der Waals surface area contributed by atoms with E-state index in [0.717, 1.165) is 0 Å². The molecular weight excluding hydrogens is 184 g/mol. The summed E-state index contributed by atoms with van der Waals surface area (Å²) in [5.74, 6) is -0.990. The molecule has 0 saturated carbocycles. The summed E-state index contributed by atoms with van der Waals surface area (Å²) in [5.41, 5.74) is 0.0810. The molecular formula is C6H8CrN2O2. The molecule has 0 bridgehead atoms. The van der Waals surface area contributed by atoms with Gasteiger partial charge in [0.2, 0.25) is 0 Å². The second-order valence-corrected chi connectivity index (χ2v) is 1.52. The Morgan fingerprint density at radius 3 is 2.36 bits per heavy atom. The van der Waals surface area contributed by atoms with Crippen LogP contribution in [-0.2, 0) is 17.4 Å². The number of pyridine rings is 1. The number of hydrogen-bond donors (Lipinski definition) is 2. The Labute approximate surface area is 75.0 Å². The summed E-state index contributed by atoms with van der Waals surface area (Å²) in [6.45, 7) is 0. The van der Waals surface area contributed by atoms with Gasteiger partial charge in [-0.15, -0.1) is 0 Å². The van der Waals surface area contributed by atoms with Gasteiger partial charge in [-0.2, -0.15) is 0 Å². The number of aromatic carboxylic acids is 1. The fraction of sp³-hybridized carbons (Fsp3) is 0. The maximum Gasteiger partial charge on any atom is 0.354 e. The Balaban J connectivity index is 0. The van der Waals surface area contributed by atoms with Gasteiger partial charge in [0.15, 0.2) is 0 Å². The second kappa shape index (κ2) is 5.86. The zero-order valence-electron chi connectivity index (χ0n) is 5.73. The molecule has 4 N–H and O–H groups in total. The van der Waals surface area contributed by atoms with Gasteiger partial charge in [0.05, 0.1) is 0 Å². The first-order valence-electron chi connectivity index (χ1n) is 2.45. The quantitative estimate of drug-likeness (QED) is 0.693. The molecule has 1 aromatic rings. The van der Waals surface area contributed by atoms with E-state index in [1.807, 2.05) is 0 Å². The van der Waals surface area contributed by atoms with Crippen molar-refractivity contribution in [3.8, 4) is 0 Å². The Bertz CT molecular complexity index is 215. The maximum atomic E-state index is 10.1. The topological polar surface area (TPSA) is 85.2 Å². The third-order valence-electron chi connectivity index (χ3n) is 0.884. The van der Waals surface area contributed by atoms with Crippen molar-refractivity contribution in [2.24, 2.45) is 0 Å². The van der Waals surface area contributed by atoms with Crippen molar-refractivity contribution in [1.29, 1.82) is 0 Å². The van der Waals surface area contributed by atoms with Gasteiger partial charge in [-0.25, -0.2) is 9.78 Å². The van der Waals surface area contributed by atoms with Crippen LogP contribution in [0.1, 0.15) is 10.5 Å². The summed E-state index contributed by atoms with van der Waals surface area (Å²) < 4.78 is 0. The monoisotopic (exact) mass is 192 g/mol. The van der Waals surface area contributed by atoms with Crippen LogP contribution in [0.4, 0.5) is 0 Å². The molecule has 0 atom stereocenters. The number of rotatable bonds is 1. The van der Waals surface area contributed by atoms with Gasteiger partial charge in [0.25, 0.3) is 0 Å². The molecule has 0 aromatic carbocycles. The van der Waals surface area contributed by atoms with Crippen LogP contribution in [0.3, 0.4) is 0 Å². The second-order valence-electron chi connectivity index (χ2n) is 1.52. The van der Waals surface area contributed by atoms with Gasteiger partial charge >= 0.3 is 5.97 Å². The fourth-order valence-corrected chi connectivity index (χ4v) is 0.489. The number of carbonyl (C=O) groups is 1. The minimum atomic E-state index is -0.990. The summed E-state index contributed by atoms with van der Waals surface area (Å²) in [6.07, 6.45) is 1.45. The fourth-order valence-electron chi connectivity index (χ4n) is 0.489.